The minimum atomic E-state index is -1.35. The molecule has 0 spiro atoms. The Labute approximate surface area is 157 Å². The molecule has 3 aromatic heterocycles. The van der Waals surface area contributed by atoms with Gasteiger partial charge >= 0.3 is 11.8 Å². The van der Waals surface area contributed by atoms with Gasteiger partial charge in [-0.25, -0.2) is 0 Å². The molecule has 5 nitrogen and oxygen atoms in total. The highest BCUT2D eigenvalue weighted by atomic mass is 32.1. The van der Waals surface area contributed by atoms with Crippen molar-refractivity contribution in [1.29, 1.82) is 0 Å². The molecule has 3 rings (SSSR count). The van der Waals surface area contributed by atoms with Crippen LogP contribution in [-0.4, -0.2) is 23.5 Å². The Hall–Kier alpha value is -2.00. The Balaban J connectivity index is 1.63. The van der Waals surface area contributed by atoms with Gasteiger partial charge in [-0.1, -0.05) is 12.1 Å². The lowest BCUT2D eigenvalue weighted by Gasteiger charge is -2.26. The minimum absolute atomic E-state index is 0.0739. The van der Waals surface area contributed by atoms with E-state index in [4.69, 9.17) is 0 Å². The van der Waals surface area contributed by atoms with E-state index in [0.717, 1.165) is 4.88 Å². The van der Waals surface area contributed by atoms with Gasteiger partial charge < -0.3 is 15.7 Å². The van der Waals surface area contributed by atoms with Crippen molar-refractivity contribution in [3.63, 3.8) is 0 Å². The molecule has 25 heavy (non-hydrogen) atoms. The number of hydrogen-bond donors (Lipinski definition) is 3. The summed E-state index contributed by atoms with van der Waals surface area (Å²) in [5, 5.41) is 23.7. The van der Waals surface area contributed by atoms with Crippen molar-refractivity contribution >= 4 is 45.8 Å². The monoisotopic (exact) mass is 392 g/mol. The maximum atomic E-state index is 12.1. The zero-order valence-electron chi connectivity index (χ0n) is 13.1. The largest absolute Gasteiger partial charge is 0.378 e. The van der Waals surface area contributed by atoms with E-state index in [9.17, 15) is 14.7 Å². The lowest BCUT2D eigenvalue weighted by Crippen LogP contribution is -2.46. The van der Waals surface area contributed by atoms with Gasteiger partial charge in [0.15, 0.2) is 0 Å². The van der Waals surface area contributed by atoms with E-state index in [-0.39, 0.29) is 6.54 Å². The summed E-state index contributed by atoms with van der Waals surface area (Å²) < 4.78 is 0. The summed E-state index contributed by atoms with van der Waals surface area (Å²) in [4.78, 5) is 25.7. The van der Waals surface area contributed by atoms with Crippen molar-refractivity contribution in [3.05, 3.63) is 67.2 Å². The SMILES string of the molecule is O=C(NCc1cccs1)C(=O)NC[C@@](O)(c1ccsc1)c1cccs1. The normalized spacial score (nSPS) is 13.2. The number of rotatable bonds is 6. The Morgan fingerprint density at radius 2 is 1.76 bits per heavy atom. The number of hydrogen-bond acceptors (Lipinski definition) is 6. The quantitative estimate of drug-likeness (QED) is 0.564. The Morgan fingerprint density at radius 3 is 2.40 bits per heavy atom. The van der Waals surface area contributed by atoms with Crippen LogP contribution in [0.25, 0.3) is 0 Å². The van der Waals surface area contributed by atoms with E-state index in [2.05, 4.69) is 10.6 Å². The van der Waals surface area contributed by atoms with E-state index in [1.54, 1.807) is 0 Å². The van der Waals surface area contributed by atoms with Crippen LogP contribution in [0, 0.1) is 0 Å². The topological polar surface area (TPSA) is 78.4 Å². The van der Waals surface area contributed by atoms with Gasteiger partial charge in [0.05, 0.1) is 13.1 Å². The summed E-state index contributed by atoms with van der Waals surface area (Å²) in [6.07, 6.45) is 0. The molecular weight excluding hydrogens is 376 g/mol. The van der Waals surface area contributed by atoms with Crippen molar-refractivity contribution in [2.45, 2.75) is 12.1 Å². The van der Waals surface area contributed by atoms with Crippen LogP contribution in [0.5, 0.6) is 0 Å². The summed E-state index contributed by atoms with van der Waals surface area (Å²) in [6, 6.07) is 9.23. The first-order valence-electron chi connectivity index (χ1n) is 7.47. The number of carbonyl (C=O) groups is 2. The maximum Gasteiger partial charge on any atom is 0.309 e. The first-order chi connectivity index (χ1) is 12.1. The standard InChI is InChI=1S/C17H16N2O3S3/c20-15(18-9-13-3-1-6-24-13)16(21)19-11-17(22,12-5-8-23-10-12)14-4-2-7-25-14/h1-8,10,22H,9,11H2,(H,18,20)(H,19,21)/t17-/m1/s1. The van der Waals surface area contributed by atoms with E-state index in [0.29, 0.717) is 17.0 Å². The van der Waals surface area contributed by atoms with Crippen LogP contribution in [0.15, 0.2) is 51.9 Å². The predicted molar refractivity (Wildman–Crippen MR) is 101 cm³/mol. The predicted octanol–water partition coefficient (Wildman–Crippen LogP) is 2.54. The average Bonchev–Trinajstić information content (AvgIpc) is 3.38. The molecule has 0 radical (unpaired) electrons. The van der Waals surface area contributed by atoms with Gasteiger partial charge in [0.1, 0.15) is 5.60 Å². The highest BCUT2D eigenvalue weighted by Crippen LogP contribution is 2.33. The fraction of sp³-hybridized carbons (Fsp3) is 0.176. The summed E-state index contributed by atoms with van der Waals surface area (Å²) in [5.41, 5.74) is -0.656. The van der Waals surface area contributed by atoms with Crippen LogP contribution in [0.3, 0.4) is 0 Å². The molecule has 1 atom stereocenters. The molecule has 3 aromatic rings. The van der Waals surface area contributed by atoms with Crippen LogP contribution < -0.4 is 10.6 Å². The van der Waals surface area contributed by atoms with Gasteiger partial charge in [0.25, 0.3) is 0 Å². The summed E-state index contributed by atoms with van der Waals surface area (Å²) >= 11 is 4.37. The van der Waals surface area contributed by atoms with Gasteiger partial charge in [-0.05, 0) is 39.7 Å². The molecule has 3 heterocycles. The van der Waals surface area contributed by atoms with Crippen LogP contribution in [0.1, 0.15) is 15.3 Å². The van der Waals surface area contributed by atoms with Crippen LogP contribution >= 0.6 is 34.0 Å². The van der Waals surface area contributed by atoms with E-state index in [1.165, 1.54) is 34.0 Å². The third kappa shape index (κ3) is 4.16. The van der Waals surface area contributed by atoms with Crippen LogP contribution in [-0.2, 0) is 21.7 Å². The highest BCUT2D eigenvalue weighted by Gasteiger charge is 2.34. The number of thiophene rings is 3. The van der Waals surface area contributed by atoms with Crippen LogP contribution in [0.2, 0.25) is 0 Å². The molecule has 130 valence electrons. The molecule has 0 fully saturated rings. The Bertz CT molecular complexity index is 777. The molecule has 0 unspecified atom stereocenters. The van der Waals surface area contributed by atoms with Gasteiger partial charge in [-0.3, -0.25) is 9.59 Å². The van der Waals surface area contributed by atoms with Crippen molar-refractivity contribution in [3.8, 4) is 0 Å². The van der Waals surface area contributed by atoms with Gasteiger partial charge in [0.2, 0.25) is 0 Å². The number of nitrogens with one attached hydrogen (secondary N) is 2. The zero-order chi connectivity index (χ0) is 17.7. The first kappa shape index (κ1) is 17.8. The van der Waals surface area contributed by atoms with Gasteiger partial charge in [0, 0.05) is 15.3 Å². The number of carbonyl (C=O) groups excluding carboxylic acids is 2. The van der Waals surface area contributed by atoms with Crippen molar-refractivity contribution in [1.82, 2.24) is 10.6 Å². The number of aliphatic hydroxyl groups is 1. The Morgan fingerprint density at radius 1 is 1.00 bits per heavy atom. The fourth-order valence-corrected chi connectivity index (χ4v) is 4.51. The molecule has 0 aliphatic rings. The molecule has 0 aliphatic carbocycles. The second kappa shape index (κ2) is 7.92. The molecular formula is C17H16N2O3S3. The third-order valence-corrected chi connectivity index (χ3v) is 6.22. The first-order valence-corrected chi connectivity index (χ1v) is 10.2. The molecule has 0 bridgehead atoms. The molecule has 0 aliphatic heterocycles. The third-order valence-electron chi connectivity index (χ3n) is 3.64. The zero-order valence-corrected chi connectivity index (χ0v) is 15.5. The smallest absolute Gasteiger partial charge is 0.309 e. The molecule has 8 heteroatoms. The summed E-state index contributed by atoms with van der Waals surface area (Å²) in [5.74, 6) is -1.48. The maximum absolute atomic E-state index is 12.1. The van der Waals surface area contributed by atoms with Crippen LogP contribution in [0.4, 0.5) is 0 Å². The van der Waals surface area contributed by atoms with Gasteiger partial charge in [-0.2, -0.15) is 11.3 Å². The molecule has 0 saturated heterocycles. The van der Waals surface area contributed by atoms with Gasteiger partial charge in [-0.15, -0.1) is 22.7 Å². The van der Waals surface area contributed by atoms with Crippen molar-refractivity contribution < 1.29 is 14.7 Å². The van der Waals surface area contributed by atoms with E-state index in [1.807, 2.05) is 51.9 Å². The lowest BCUT2D eigenvalue weighted by atomic mass is 9.94. The lowest BCUT2D eigenvalue weighted by molar-refractivity contribution is -0.139. The van der Waals surface area contributed by atoms with E-state index < -0.39 is 17.4 Å². The molecule has 3 N–H and O–H groups in total. The fourth-order valence-electron chi connectivity index (χ4n) is 2.29. The molecule has 0 saturated carbocycles. The van der Waals surface area contributed by atoms with Crippen molar-refractivity contribution in [2.75, 3.05) is 6.54 Å². The Kier molecular flexibility index (Phi) is 5.64. The average molecular weight is 393 g/mol. The van der Waals surface area contributed by atoms with E-state index >= 15 is 0 Å². The highest BCUT2D eigenvalue weighted by molar-refractivity contribution is 7.10. The molecule has 0 aromatic carbocycles. The summed E-state index contributed by atoms with van der Waals surface area (Å²) in [7, 11) is 0. The minimum Gasteiger partial charge on any atom is -0.378 e. The summed E-state index contributed by atoms with van der Waals surface area (Å²) in [6.45, 7) is 0.235. The second-order valence-corrected chi connectivity index (χ2v) is 8.05. The number of amides is 2. The second-order valence-electron chi connectivity index (χ2n) is 5.29. The van der Waals surface area contributed by atoms with Crippen molar-refractivity contribution in [2.24, 2.45) is 0 Å². The molecule has 2 amide bonds.